The zero-order valence-electron chi connectivity index (χ0n) is 14.0. The molecule has 1 heterocycles. The zero-order valence-corrected chi connectivity index (χ0v) is 14.0. The quantitative estimate of drug-likeness (QED) is 0.928. The lowest BCUT2D eigenvalue weighted by Crippen LogP contribution is -2.54. The van der Waals surface area contributed by atoms with Crippen molar-refractivity contribution in [1.82, 2.24) is 10.2 Å². The first-order valence-corrected chi connectivity index (χ1v) is 8.20. The first-order valence-electron chi connectivity index (χ1n) is 8.20. The molecule has 0 saturated carbocycles. The van der Waals surface area contributed by atoms with E-state index in [0.29, 0.717) is 0 Å². The van der Waals surface area contributed by atoms with E-state index in [-0.39, 0.29) is 12.1 Å². The molecule has 1 amide bonds. The number of nitrogens with one attached hydrogen (secondary N) is 1. The monoisotopic (exact) mass is 304 g/mol. The first kappa shape index (κ1) is 16.8. The summed E-state index contributed by atoms with van der Waals surface area (Å²) in [5.41, 5.74) is 0.923. The summed E-state index contributed by atoms with van der Waals surface area (Å²) < 4.78 is 5.53. The molecule has 22 heavy (non-hydrogen) atoms. The molecule has 0 radical (unpaired) electrons. The third kappa shape index (κ3) is 5.34. The summed E-state index contributed by atoms with van der Waals surface area (Å²) in [6.07, 6.45) is 2.95. The molecule has 2 rings (SSSR count). The Morgan fingerprint density at radius 1 is 1.32 bits per heavy atom. The highest BCUT2D eigenvalue weighted by Crippen LogP contribution is 2.17. The molecule has 1 fully saturated rings. The van der Waals surface area contributed by atoms with Crippen LogP contribution in [0.1, 0.15) is 39.2 Å². The van der Waals surface area contributed by atoms with Crippen LogP contribution in [0, 0.1) is 0 Å². The van der Waals surface area contributed by atoms with Crippen molar-refractivity contribution in [2.24, 2.45) is 0 Å². The number of piperazine rings is 1. The number of ether oxygens (including phenoxy) is 1. The van der Waals surface area contributed by atoms with Crippen LogP contribution in [0.2, 0.25) is 0 Å². The Morgan fingerprint density at radius 3 is 2.73 bits per heavy atom. The van der Waals surface area contributed by atoms with Crippen LogP contribution in [0.15, 0.2) is 30.3 Å². The number of aryl methyl sites for hydroxylation is 1. The molecular weight excluding hydrogens is 276 g/mol. The van der Waals surface area contributed by atoms with Crippen molar-refractivity contribution < 1.29 is 9.53 Å². The second kappa shape index (κ2) is 7.63. The predicted molar refractivity (Wildman–Crippen MR) is 89.0 cm³/mol. The first-order chi connectivity index (χ1) is 10.5. The molecule has 0 aromatic heterocycles. The lowest BCUT2D eigenvalue weighted by atomic mass is 10.0. The molecule has 122 valence electrons. The summed E-state index contributed by atoms with van der Waals surface area (Å²) in [5, 5.41) is 3.38. The molecule has 1 aliphatic rings. The molecular formula is C18H28N2O2. The maximum atomic E-state index is 12.3. The van der Waals surface area contributed by atoms with Crippen molar-refractivity contribution in [2.75, 3.05) is 19.6 Å². The van der Waals surface area contributed by atoms with Crippen molar-refractivity contribution in [1.29, 1.82) is 0 Å². The lowest BCUT2D eigenvalue weighted by Gasteiger charge is -2.37. The average Bonchev–Trinajstić information content (AvgIpc) is 2.47. The lowest BCUT2D eigenvalue weighted by molar-refractivity contribution is 0.0110. The Labute approximate surface area is 133 Å². The summed E-state index contributed by atoms with van der Waals surface area (Å²) in [6, 6.07) is 10.7. The SMILES string of the molecule is CC(C)(C)OC(=O)N1CCNC[C@@H]1CCCc1ccccc1. The van der Waals surface area contributed by atoms with Gasteiger partial charge in [0.15, 0.2) is 0 Å². The number of carbonyl (C=O) groups excluding carboxylic acids is 1. The molecule has 4 heteroatoms. The normalized spacial score (nSPS) is 19.0. The van der Waals surface area contributed by atoms with E-state index >= 15 is 0 Å². The second-order valence-electron chi connectivity index (χ2n) is 6.91. The Kier molecular flexibility index (Phi) is 5.83. The van der Waals surface area contributed by atoms with Gasteiger partial charge < -0.3 is 15.0 Å². The van der Waals surface area contributed by atoms with Crippen molar-refractivity contribution >= 4 is 6.09 Å². The van der Waals surface area contributed by atoms with Gasteiger partial charge in [-0.05, 0) is 45.6 Å². The number of carbonyl (C=O) groups is 1. The van der Waals surface area contributed by atoms with E-state index in [2.05, 4.69) is 29.6 Å². The number of hydrogen-bond donors (Lipinski definition) is 1. The Balaban J connectivity index is 1.85. The van der Waals surface area contributed by atoms with Crippen LogP contribution in [-0.2, 0) is 11.2 Å². The van der Waals surface area contributed by atoms with Crippen LogP contribution in [-0.4, -0.2) is 42.3 Å². The van der Waals surface area contributed by atoms with E-state index in [9.17, 15) is 4.79 Å². The highest BCUT2D eigenvalue weighted by atomic mass is 16.6. The van der Waals surface area contributed by atoms with Crippen LogP contribution in [0.25, 0.3) is 0 Å². The molecule has 1 aromatic carbocycles. The maximum absolute atomic E-state index is 12.3. The smallest absolute Gasteiger partial charge is 0.410 e. The zero-order chi connectivity index (χ0) is 16.0. The maximum Gasteiger partial charge on any atom is 0.410 e. The number of amides is 1. The highest BCUT2D eigenvalue weighted by Gasteiger charge is 2.29. The summed E-state index contributed by atoms with van der Waals surface area (Å²) in [5.74, 6) is 0. The van der Waals surface area contributed by atoms with E-state index in [0.717, 1.165) is 38.9 Å². The van der Waals surface area contributed by atoms with Gasteiger partial charge in [-0.1, -0.05) is 30.3 Å². The molecule has 4 nitrogen and oxygen atoms in total. The Bertz CT molecular complexity index is 468. The fourth-order valence-electron chi connectivity index (χ4n) is 2.77. The third-order valence-electron chi connectivity index (χ3n) is 3.82. The summed E-state index contributed by atoms with van der Waals surface area (Å²) in [7, 11) is 0. The van der Waals surface area contributed by atoms with Gasteiger partial charge in [0.25, 0.3) is 0 Å². The number of rotatable bonds is 4. The molecule has 0 aliphatic carbocycles. The van der Waals surface area contributed by atoms with Gasteiger partial charge in [0.2, 0.25) is 0 Å². The molecule has 0 bridgehead atoms. The topological polar surface area (TPSA) is 41.6 Å². The van der Waals surface area contributed by atoms with Crippen molar-refractivity contribution in [2.45, 2.75) is 51.7 Å². The molecule has 1 N–H and O–H groups in total. The van der Waals surface area contributed by atoms with Gasteiger partial charge in [-0.25, -0.2) is 4.79 Å². The van der Waals surface area contributed by atoms with Gasteiger partial charge in [0.1, 0.15) is 5.60 Å². The van der Waals surface area contributed by atoms with Crippen molar-refractivity contribution in [3.8, 4) is 0 Å². The van der Waals surface area contributed by atoms with E-state index in [4.69, 9.17) is 4.74 Å². The molecule has 0 spiro atoms. The summed E-state index contributed by atoms with van der Waals surface area (Å²) in [6.45, 7) is 8.17. The van der Waals surface area contributed by atoms with Crippen molar-refractivity contribution in [3.05, 3.63) is 35.9 Å². The number of hydrogen-bond acceptors (Lipinski definition) is 3. The minimum atomic E-state index is -0.434. The van der Waals surface area contributed by atoms with Crippen LogP contribution in [0.4, 0.5) is 4.79 Å². The molecule has 1 aliphatic heterocycles. The minimum absolute atomic E-state index is 0.182. The van der Waals surface area contributed by atoms with Gasteiger partial charge in [-0.15, -0.1) is 0 Å². The van der Waals surface area contributed by atoms with Gasteiger partial charge in [0, 0.05) is 25.7 Å². The third-order valence-corrected chi connectivity index (χ3v) is 3.82. The van der Waals surface area contributed by atoms with E-state index in [1.165, 1.54) is 5.56 Å². The minimum Gasteiger partial charge on any atom is -0.444 e. The Morgan fingerprint density at radius 2 is 2.05 bits per heavy atom. The highest BCUT2D eigenvalue weighted by molar-refractivity contribution is 5.68. The van der Waals surface area contributed by atoms with E-state index in [1.54, 1.807) is 0 Å². The molecule has 1 aromatic rings. The fourth-order valence-corrected chi connectivity index (χ4v) is 2.77. The molecule has 1 saturated heterocycles. The van der Waals surface area contributed by atoms with Crippen LogP contribution in [0.3, 0.4) is 0 Å². The van der Waals surface area contributed by atoms with Gasteiger partial charge in [-0.2, -0.15) is 0 Å². The van der Waals surface area contributed by atoms with E-state index in [1.807, 2.05) is 31.7 Å². The summed E-state index contributed by atoms with van der Waals surface area (Å²) in [4.78, 5) is 14.2. The Hall–Kier alpha value is -1.55. The fraction of sp³-hybridized carbons (Fsp3) is 0.611. The van der Waals surface area contributed by atoms with Crippen molar-refractivity contribution in [3.63, 3.8) is 0 Å². The number of nitrogens with zero attached hydrogens (tertiary/aromatic N) is 1. The number of benzene rings is 1. The van der Waals surface area contributed by atoms with Gasteiger partial charge in [0.05, 0.1) is 0 Å². The van der Waals surface area contributed by atoms with Gasteiger partial charge in [-0.3, -0.25) is 0 Å². The largest absolute Gasteiger partial charge is 0.444 e. The van der Waals surface area contributed by atoms with Crippen LogP contribution >= 0.6 is 0 Å². The molecule has 0 unspecified atom stereocenters. The summed E-state index contributed by atoms with van der Waals surface area (Å²) >= 11 is 0. The standard InChI is InChI=1S/C18H28N2O2/c1-18(2,3)22-17(21)20-13-12-19-14-16(20)11-7-10-15-8-5-4-6-9-15/h4-6,8-9,16,19H,7,10-14H2,1-3H3/t16-/m0/s1. The molecule has 1 atom stereocenters. The second-order valence-corrected chi connectivity index (χ2v) is 6.91. The average molecular weight is 304 g/mol. The van der Waals surface area contributed by atoms with E-state index < -0.39 is 5.60 Å². The predicted octanol–water partition coefficient (Wildman–Crippen LogP) is 3.22. The van der Waals surface area contributed by atoms with Gasteiger partial charge >= 0.3 is 6.09 Å². The van der Waals surface area contributed by atoms with Crippen LogP contribution in [0.5, 0.6) is 0 Å². The van der Waals surface area contributed by atoms with Crippen LogP contribution < -0.4 is 5.32 Å².